The van der Waals surface area contributed by atoms with Crippen LogP contribution in [0.15, 0.2) is 48.5 Å². The van der Waals surface area contributed by atoms with Crippen LogP contribution in [0.2, 0.25) is 0 Å². The predicted molar refractivity (Wildman–Crippen MR) is 117 cm³/mol. The van der Waals surface area contributed by atoms with Gasteiger partial charge in [-0.2, -0.15) is 0 Å². The Hall–Kier alpha value is -2.73. The standard InChI is InChI=1S/C23H23F2N3O.ClH/c1-14-12-22(28-21-5-3-2-4-18(14)21)26-16-7-9-17(10-8-16)27-23(29)19-13-15(24)6-11-20(19)25;/h2-6,11-13,16-17H,7-10H2,1H3,(H,26,28)(H,27,29);1H/t16-,17+;. The van der Waals surface area contributed by atoms with Gasteiger partial charge in [-0.05, 0) is 68.5 Å². The second-order valence-corrected chi connectivity index (χ2v) is 7.63. The SMILES string of the molecule is Cc1cc(N[C@H]2CC[C@@H](NC(=O)c3cc(F)ccc3F)CC2)nc2ccccc12.Cl. The number of benzene rings is 2. The van der Waals surface area contributed by atoms with Crippen molar-refractivity contribution in [3.05, 3.63) is 71.3 Å². The molecule has 1 aliphatic rings. The van der Waals surface area contributed by atoms with Crippen LogP contribution in [0.25, 0.3) is 10.9 Å². The molecule has 1 aromatic heterocycles. The zero-order chi connectivity index (χ0) is 20.4. The number of pyridine rings is 1. The molecule has 4 rings (SSSR count). The Morgan fingerprint density at radius 2 is 1.70 bits per heavy atom. The second-order valence-electron chi connectivity index (χ2n) is 7.63. The van der Waals surface area contributed by atoms with Gasteiger partial charge in [-0.1, -0.05) is 18.2 Å². The molecule has 1 aliphatic carbocycles. The fourth-order valence-corrected chi connectivity index (χ4v) is 3.95. The number of nitrogens with one attached hydrogen (secondary N) is 2. The molecular weight excluding hydrogens is 408 g/mol. The van der Waals surface area contributed by atoms with Crippen molar-refractivity contribution in [2.24, 2.45) is 0 Å². The number of fused-ring (bicyclic) bond motifs is 1. The number of aromatic nitrogens is 1. The predicted octanol–water partition coefficient (Wildman–Crippen LogP) is 5.40. The highest BCUT2D eigenvalue weighted by atomic mass is 35.5. The van der Waals surface area contributed by atoms with Crippen molar-refractivity contribution in [3.8, 4) is 0 Å². The molecule has 0 radical (unpaired) electrons. The molecule has 3 aromatic rings. The molecule has 2 aromatic carbocycles. The van der Waals surface area contributed by atoms with E-state index in [0.29, 0.717) is 0 Å². The first-order valence-corrected chi connectivity index (χ1v) is 9.88. The molecule has 0 bridgehead atoms. The van der Waals surface area contributed by atoms with Crippen LogP contribution >= 0.6 is 12.4 Å². The Balaban J connectivity index is 0.00000256. The van der Waals surface area contributed by atoms with Crippen LogP contribution in [0.4, 0.5) is 14.6 Å². The van der Waals surface area contributed by atoms with Crippen molar-refractivity contribution in [2.45, 2.75) is 44.7 Å². The lowest BCUT2D eigenvalue weighted by Gasteiger charge is -2.30. The third kappa shape index (κ3) is 4.87. The van der Waals surface area contributed by atoms with E-state index >= 15 is 0 Å². The zero-order valence-electron chi connectivity index (χ0n) is 16.6. The van der Waals surface area contributed by atoms with Crippen LogP contribution in [0.5, 0.6) is 0 Å². The topological polar surface area (TPSA) is 54.0 Å². The molecule has 0 saturated heterocycles. The molecule has 30 heavy (non-hydrogen) atoms. The summed E-state index contributed by atoms with van der Waals surface area (Å²) in [4.78, 5) is 17.0. The van der Waals surface area contributed by atoms with E-state index in [0.717, 1.165) is 60.6 Å². The minimum Gasteiger partial charge on any atom is -0.367 e. The molecule has 7 heteroatoms. The second kappa shape index (κ2) is 9.39. The Morgan fingerprint density at radius 3 is 2.47 bits per heavy atom. The summed E-state index contributed by atoms with van der Waals surface area (Å²) in [6, 6.07) is 13.3. The van der Waals surface area contributed by atoms with Crippen LogP contribution < -0.4 is 10.6 Å². The van der Waals surface area contributed by atoms with E-state index < -0.39 is 17.5 Å². The molecule has 0 atom stereocenters. The number of aryl methyl sites for hydroxylation is 1. The van der Waals surface area contributed by atoms with Crippen LogP contribution in [0.1, 0.15) is 41.6 Å². The number of anilines is 1. The summed E-state index contributed by atoms with van der Waals surface area (Å²) < 4.78 is 27.1. The number of halogens is 3. The van der Waals surface area contributed by atoms with Gasteiger partial charge < -0.3 is 10.6 Å². The Bertz CT molecular complexity index is 1050. The van der Waals surface area contributed by atoms with E-state index in [9.17, 15) is 13.6 Å². The number of hydrogen-bond acceptors (Lipinski definition) is 3. The zero-order valence-corrected chi connectivity index (χ0v) is 17.4. The molecule has 1 fully saturated rings. The van der Waals surface area contributed by atoms with Gasteiger partial charge in [-0.15, -0.1) is 12.4 Å². The first-order chi connectivity index (χ1) is 14.0. The summed E-state index contributed by atoms with van der Waals surface area (Å²) in [6.45, 7) is 2.08. The van der Waals surface area contributed by atoms with Crippen molar-refractivity contribution in [1.29, 1.82) is 0 Å². The first-order valence-electron chi connectivity index (χ1n) is 9.88. The van der Waals surface area contributed by atoms with E-state index in [4.69, 9.17) is 4.98 Å². The Labute approximate surface area is 180 Å². The van der Waals surface area contributed by atoms with Gasteiger partial charge in [0.2, 0.25) is 0 Å². The van der Waals surface area contributed by atoms with Crippen LogP contribution in [-0.2, 0) is 0 Å². The fraction of sp³-hybridized carbons (Fsp3) is 0.304. The highest BCUT2D eigenvalue weighted by Crippen LogP contribution is 2.25. The van der Waals surface area contributed by atoms with E-state index in [2.05, 4.69) is 29.7 Å². The summed E-state index contributed by atoms with van der Waals surface area (Å²) in [5.74, 6) is -1.04. The van der Waals surface area contributed by atoms with Crippen molar-refractivity contribution in [3.63, 3.8) is 0 Å². The lowest BCUT2D eigenvalue weighted by atomic mass is 9.91. The van der Waals surface area contributed by atoms with Gasteiger partial charge in [-0.25, -0.2) is 13.8 Å². The molecule has 4 nitrogen and oxygen atoms in total. The summed E-state index contributed by atoms with van der Waals surface area (Å²) in [5.41, 5.74) is 1.89. The number of nitrogens with zero attached hydrogens (tertiary/aromatic N) is 1. The maximum absolute atomic E-state index is 13.8. The Kier molecular flexibility index (Phi) is 6.87. The molecule has 1 saturated carbocycles. The maximum Gasteiger partial charge on any atom is 0.254 e. The quantitative estimate of drug-likeness (QED) is 0.581. The number of amides is 1. The summed E-state index contributed by atoms with van der Waals surface area (Å²) in [5, 5.41) is 7.48. The minimum atomic E-state index is -0.711. The van der Waals surface area contributed by atoms with Gasteiger partial charge in [0.1, 0.15) is 17.5 Å². The number of para-hydroxylation sites is 1. The van der Waals surface area contributed by atoms with E-state index in [-0.39, 0.29) is 30.1 Å². The normalized spacial score (nSPS) is 18.5. The van der Waals surface area contributed by atoms with Crippen molar-refractivity contribution in [1.82, 2.24) is 10.3 Å². The molecular formula is C23H24ClF2N3O. The van der Waals surface area contributed by atoms with Crippen LogP contribution in [0, 0.1) is 18.6 Å². The number of hydrogen-bond donors (Lipinski definition) is 2. The van der Waals surface area contributed by atoms with Gasteiger partial charge in [0, 0.05) is 17.5 Å². The van der Waals surface area contributed by atoms with Gasteiger partial charge in [0.15, 0.2) is 0 Å². The molecule has 0 aliphatic heterocycles. The summed E-state index contributed by atoms with van der Waals surface area (Å²) in [6.07, 6.45) is 3.27. The van der Waals surface area contributed by atoms with E-state index in [1.165, 1.54) is 5.56 Å². The van der Waals surface area contributed by atoms with Crippen molar-refractivity contribution < 1.29 is 13.6 Å². The summed E-state index contributed by atoms with van der Waals surface area (Å²) >= 11 is 0. The highest BCUT2D eigenvalue weighted by Gasteiger charge is 2.24. The molecule has 158 valence electrons. The smallest absolute Gasteiger partial charge is 0.254 e. The third-order valence-corrected chi connectivity index (χ3v) is 5.51. The maximum atomic E-state index is 13.8. The average molecular weight is 432 g/mol. The lowest BCUT2D eigenvalue weighted by molar-refractivity contribution is 0.0922. The van der Waals surface area contributed by atoms with Crippen LogP contribution in [-0.4, -0.2) is 23.0 Å². The number of rotatable bonds is 4. The van der Waals surface area contributed by atoms with Gasteiger partial charge >= 0.3 is 0 Å². The monoisotopic (exact) mass is 431 g/mol. The van der Waals surface area contributed by atoms with Gasteiger partial charge in [0.25, 0.3) is 5.91 Å². The summed E-state index contributed by atoms with van der Waals surface area (Å²) in [7, 11) is 0. The third-order valence-electron chi connectivity index (χ3n) is 5.51. The molecule has 0 unspecified atom stereocenters. The van der Waals surface area contributed by atoms with Crippen molar-refractivity contribution in [2.75, 3.05) is 5.32 Å². The van der Waals surface area contributed by atoms with E-state index in [1.54, 1.807) is 0 Å². The minimum absolute atomic E-state index is 0. The van der Waals surface area contributed by atoms with Crippen molar-refractivity contribution >= 4 is 35.0 Å². The number of carbonyl (C=O) groups excluding carboxylic acids is 1. The first kappa shape index (κ1) is 22.0. The molecule has 2 N–H and O–H groups in total. The largest absolute Gasteiger partial charge is 0.367 e. The van der Waals surface area contributed by atoms with E-state index in [1.807, 2.05) is 18.2 Å². The molecule has 0 spiro atoms. The lowest BCUT2D eigenvalue weighted by Crippen LogP contribution is -2.40. The van der Waals surface area contributed by atoms with Gasteiger partial charge in [0.05, 0.1) is 11.1 Å². The Morgan fingerprint density at radius 1 is 1.00 bits per heavy atom. The molecule has 1 heterocycles. The van der Waals surface area contributed by atoms with Gasteiger partial charge in [-0.3, -0.25) is 4.79 Å². The number of carbonyl (C=O) groups is 1. The highest BCUT2D eigenvalue weighted by molar-refractivity contribution is 5.94. The average Bonchev–Trinajstić information content (AvgIpc) is 2.71. The fourth-order valence-electron chi connectivity index (χ4n) is 3.95. The van der Waals surface area contributed by atoms with Crippen LogP contribution in [0.3, 0.4) is 0 Å². The molecule has 1 amide bonds.